The van der Waals surface area contributed by atoms with E-state index in [-0.39, 0.29) is 11.4 Å². The van der Waals surface area contributed by atoms with Crippen molar-refractivity contribution in [2.45, 2.75) is 38.9 Å². The van der Waals surface area contributed by atoms with Crippen molar-refractivity contribution in [2.75, 3.05) is 12.8 Å². The minimum absolute atomic E-state index is 0.129. The highest BCUT2D eigenvalue weighted by molar-refractivity contribution is 6.63. The summed E-state index contributed by atoms with van der Waals surface area (Å²) in [6.45, 7) is 7.82. The molecule has 6 nitrogen and oxygen atoms in total. The molecule has 0 radical (unpaired) electrons. The minimum Gasteiger partial charge on any atom is -0.496 e. The Labute approximate surface area is 119 Å². The molecule has 2 rings (SSSR count). The average Bonchev–Trinajstić information content (AvgIpc) is 2.57. The van der Waals surface area contributed by atoms with E-state index in [0.717, 1.165) is 0 Å². The van der Waals surface area contributed by atoms with Gasteiger partial charge in [-0.15, -0.1) is 0 Å². The van der Waals surface area contributed by atoms with Crippen LogP contribution in [0.2, 0.25) is 0 Å². The second kappa shape index (κ2) is 4.65. The van der Waals surface area contributed by atoms with E-state index in [2.05, 4.69) is 4.98 Å². The number of methoxy groups -OCH3 is 1. The van der Waals surface area contributed by atoms with Crippen molar-refractivity contribution in [3.05, 3.63) is 11.8 Å². The summed E-state index contributed by atoms with van der Waals surface area (Å²) in [6, 6.07) is 2.00. The first-order valence-electron chi connectivity index (χ1n) is 6.31. The lowest BCUT2D eigenvalue weighted by atomic mass is 9.78. The van der Waals surface area contributed by atoms with Crippen molar-refractivity contribution in [1.29, 1.82) is 5.26 Å². The molecule has 2 heterocycles. The van der Waals surface area contributed by atoms with Crippen molar-refractivity contribution in [3.8, 4) is 11.8 Å². The summed E-state index contributed by atoms with van der Waals surface area (Å²) in [7, 11) is 0.833. The van der Waals surface area contributed by atoms with E-state index in [4.69, 9.17) is 19.8 Å². The van der Waals surface area contributed by atoms with Crippen molar-refractivity contribution in [3.63, 3.8) is 0 Å². The third kappa shape index (κ3) is 2.11. The molecule has 0 aliphatic carbocycles. The van der Waals surface area contributed by atoms with Gasteiger partial charge in [-0.2, -0.15) is 5.26 Å². The van der Waals surface area contributed by atoms with Gasteiger partial charge < -0.3 is 19.8 Å². The van der Waals surface area contributed by atoms with Crippen molar-refractivity contribution < 1.29 is 14.0 Å². The molecular weight excluding hydrogens is 257 g/mol. The third-order valence-electron chi connectivity index (χ3n) is 3.91. The van der Waals surface area contributed by atoms with Gasteiger partial charge in [-0.05, 0) is 27.7 Å². The zero-order chi connectivity index (χ0) is 15.1. The topological polar surface area (TPSA) is 90.4 Å². The Morgan fingerprint density at radius 2 is 1.85 bits per heavy atom. The number of pyridine rings is 1. The number of nitrogens with zero attached hydrogens (tertiary/aromatic N) is 2. The van der Waals surface area contributed by atoms with Gasteiger partial charge in [0.15, 0.2) is 0 Å². The van der Waals surface area contributed by atoms with Gasteiger partial charge in [-0.3, -0.25) is 0 Å². The van der Waals surface area contributed by atoms with E-state index in [1.54, 1.807) is 0 Å². The zero-order valence-electron chi connectivity index (χ0n) is 12.4. The number of aromatic nitrogens is 1. The van der Waals surface area contributed by atoms with Gasteiger partial charge >= 0.3 is 7.12 Å². The average molecular weight is 275 g/mol. The summed E-state index contributed by atoms with van der Waals surface area (Å²) >= 11 is 0. The summed E-state index contributed by atoms with van der Waals surface area (Å²) in [5.74, 6) is 0.475. The maximum absolute atomic E-state index is 9.17. The van der Waals surface area contributed by atoms with Crippen LogP contribution in [-0.2, 0) is 9.31 Å². The van der Waals surface area contributed by atoms with E-state index < -0.39 is 18.3 Å². The lowest BCUT2D eigenvalue weighted by Crippen LogP contribution is -2.41. The van der Waals surface area contributed by atoms with E-state index in [0.29, 0.717) is 11.2 Å². The van der Waals surface area contributed by atoms with Gasteiger partial charge in [0.25, 0.3) is 0 Å². The number of anilines is 1. The van der Waals surface area contributed by atoms with E-state index in [1.165, 1.54) is 13.3 Å². The van der Waals surface area contributed by atoms with Gasteiger partial charge in [0.1, 0.15) is 23.2 Å². The number of hydrogen-bond donors (Lipinski definition) is 1. The number of hydrogen-bond acceptors (Lipinski definition) is 6. The van der Waals surface area contributed by atoms with Crippen LogP contribution in [0.5, 0.6) is 5.75 Å². The molecule has 1 saturated heterocycles. The van der Waals surface area contributed by atoms with Gasteiger partial charge in [0, 0.05) is 11.7 Å². The molecule has 2 N–H and O–H groups in total. The maximum atomic E-state index is 9.17. The Balaban J connectivity index is 2.49. The minimum atomic E-state index is -0.643. The molecule has 1 aliphatic rings. The summed E-state index contributed by atoms with van der Waals surface area (Å²) in [5, 5.41) is 9.17. The first kappa shape index (κ1) is 14.6. The second-order valence-corrected chi connectivity index (χ2v) is 5.71. The highest BCUT2D eigenvalue weighted by atomic mass is 16.7. The van der Waals surface area contributed by atoms with Gasteiger partial charge in [0.05, 0.1) is 18.3 Å². The van der Waals surface area contributed by atoms with Crippen molar-refractivity contribution in [2.24, 2.45) is 0 Å². The lowest BCUT2D eigenvalue weighted by molar-refractivity contribution is 0.00578. The van der Waals surface area contributed by atoms with Crippen LogP contribution in [0.4, 0.5) is 5.82 Å². The number of rotatable bonds is 2. The van der Waals surface area contributed by atoms with Gasteiger partial charge in [0.2, 0.25) is 0 Å². The molecule has 0 atom stereocenters. The number of nitrogens with two attached hydrogens (primary N) is 1. The Morgan fingerprint density at radius 3 is 2.30 bits per heavy atom. The standard InChI is InChI=1S/C13H18BN3O3/c1-12(2)13(3,4)20-14(19-12)9-7-17-11(16)8(6-15)10(9)18-5/h7H,1-5H3,(H2,16,17). The summed E-state index contributed by atoms with van der Waals surface area (Å²) in [5.41, 5.74) is 5.50. The second-order valence-electron chi connectivity index (χ2n) is 5.71. The van der Waals surface area contributed by atoms with Crippen LogP contribution in [0, 0.1) is 11.3 Å². The van der Waals surface area contributed by atoms with Crippen LogP contribution in [0.1, 0.15) is 33.3 Å². The fourth-order valence-electron chi connectivity index (χ4n) is 1.99. The molecule has 0 amide bonds. The normalized spacial score (nSPS) is 19.7. The number of nitriles is 1. The van der Waals surface area contributed by atoms with Crippen LogP contribution < -0.4 is 15.9 Å². The van der Waals surface area contributed by atoms with E-state index in [9.17, 15) is 5.26 Å². The molecule has 1 aromatic rings. The van der Waals surface area contributed by atoms with Crippen LogP contribution >= 0.6 is 0 Å². The predicted molar refractivity (Wildman–Crippen MR) is 75.6 cm³/mol. The van der Waals surface area contributed by atoms with E-state index in [1.807, 2.05) is 33.8 Å². The monoisotopic (exact) mass is 275 g/mol. The lowest BCUT2D eigenvalue weighted by Gasteiger charge is -2.32. The zero-order valence-corrected chi connectivity index (χ0v) is 12.4. The highest BCUT2D eigenvalue weighted by Crippen LogP contribution is 2.37. The predicted octanol–water partition coefficient (Wildman–Crippen LogP) is 0.843. The van der Waals surface area contributed by atoms with Crippen LogP contribution in [-0.4, -0.2) is 30.4 Å². The van der Waals surface area contributed by atoms with Gasteiger partial charge in [-0.1, -0.05) is 0 Å². The number of nitrogen functional groups attached to an aromatic ring is 1. The summed E-state index contributed by atoms with van der Waals surface area (Å²) < 4.78 is 17.2. The molecular formula is C13H18BN3O3. The Hall–Kier alpha value is -1.78. The van der Waals surface area contributed by atoms with Crippen LogP contribution in [0.3, 0.4) is 0 Å². The molecule has 1 aromatic heterocycles. The fourth-order valence-corrected chi connectivity index (χ4v) is 1.99. The molecule has 0 unspecified atom stereocenters. The van der Waals surface area contributed by atoms with Crippen molar-refractivity contribution >= 4 is 18.4 Å². The Kier molecular flexibility index (Phi) is 3.40. The molecule has 106 valence electrons. The fraction of sp³-hybridized carbons (Fsp3) is 0.538. The molecule has 1 fully saturated rings. The molecule has 20 heavy (non-hydrogen) atoms. The van der Waals surface area contributed by atoms with Crippen LogP contribution in [0.15, 0.2) is 6.20 Å². The SMILES string of the molecule is COc1c(B2OC(C)(C)C(C)(C)O2)cnc(N)c1C#N. The summed E-state index contributed by atoms with van der Waals surface area (Å²) in [6.07, 6.45) is 1.52. The molecule has 7 heteroatoms. The summed E-state index contributed by atoms with van der Waals surface area (Å²) in [4.78, 5) is 4.01. The Bertz CT molecular complexity index is 565. The largest absolute Gasteiger partial charge is 0.500 e. The van der Waals surface area contributed by atoms with E-state index >= 15 is 0 Å². The molecule has 0 spiro atoms. The van der Waals surface area contributed by atoms with Crippen molar-refractivity contribution in [1.82, 2.24) is 4.98 Å². The van der Waals surface area contributed by atoms with Gasteiger partial charge in [-0.25, -0.2) is 4.98 Å². The quantitative estimate of drug-likeness (QED) is 0.804. The van der Waals surface area contributed by atoms with Crippen LogP contribution in [0.25, 0.3) is 0 Å². The first-order chi connectivity index (χ1) is 9.23. The highest BCUT2D eigenvalue weighted by Gasteiger charge is 2.52. The first-order valence-corrected chi connectivity index (χ1v) is 6.31. The number of ether oxygens (including phenoxy) is 1. The maximum Gasteiger partial charge on any atom is 0.500 e. The third-order valence-corrected chi connectivity index (χ3v) is 3.91. The molecule has 0 saturated carbocycles. The Morgan fingerprint density at radius 1 is 1.30 bits per heavy atom. The smallest absolute Gasteiger partial charge is 0.496 e. The molecule has 0 aromatic carbocycles. The molecule has 0 bridgehead atoms. The molecule has 1 aliphatic heterocycles.